The van der Waals surface area contributed by atoms with Crippen LogP contribution in [0.1, 0.15) is 24.4 Å². The Bertz CT molecular complexity index is 624. The van der Waals surface area contributed by atoms with Gasteiger partial charge in [0.25, 0.3) is 0 Å². The number of amides is 1. The number of nitrogens with one attached hydrogen (secondary N) is 1. The number of aromatic nitrogens is 2. The maximum absolute atomic E-state index is 12.0. The molecule has 1 aliphatic heterocycles. The van der Waals surface area contributed by atoms with E-state index in [0.29, 0.717) is 11.8 Å². The number of thioether (sulfide) groups is 1. The van der Waals surface area contributed by atoms with Crippen LogP contribution in [0.15, 0.2) is 42.7 Å². The largest absolute Gasteiger partial charge is 0.381 e. The number of hydrogen-bond acceptors (Lipinski definition) is 4. The van der Waals surface area contributed by atoms with Crippen molar-refractivity contribution in [3.8, 4) is 0 Å². The van der Waals surface area contributed by atoms with E-state index in [1.807, 2.05) is 29.1 Å². The minimum atomic E-state index is 0.0115. The molecule has 0 bridgehead atoms. The highest BCUT2D eigenvalue weighted by atomic mass is 32.2. The van der Waals surface area contributed by atoms with E-state index >= 15 is 0 Å². The molecule has 1 aromatic carbocycles. The van der Waals surface area contributed by atoms with Crippen molar-refractivity contribution in [2.75, 3.05) is 24.3 Å². The number of nitrogens with zero attached hydrogens (tertiary/aromatic N) is 2. The zero-order chi connectivity index (χ0) is 15.9. The number of benzene rings is 1. The predicted molar refractivity (Wildman–Crippen MR) is 92.6 cm³/mol. The van der Waals surface area contributed by atoms with E-state index < -0.39 is 0 Å². The van der Waals surface area contributed by atoms with Crippen LogP contribution in [0.2, 0.25) is 0 Å². The second-order valence-corrected chi connectivity index (χ2v) is 6.56. The van der Waals surface area contributed by atoms with E-state index in [1.54, 1.807) is 18.0 Å². The normalized spacial score (nSPS) is 15.5. The number of carbonyl (C=O) groups is 1. The zero-order valence-electron chi connectivity index (χ0n) is 13.0. The molecule has 1 fully saturated rings. The van der Waals surface area contributed by atoms with Crippen LogP contribution in [0.4, 0.5) is 5.69 Å². The number of hydrogen-bond donors (Lipinski definition) is 1. The van der Waals surface area contributed by atoms with E-state index in [2.05, 4.69) is 22.5 Å². The average molecular weight is 331 g/mol. The van der Waals surface area contributed by atoms with Crippen LogP contribution in [-0.4, -0.2) is 34.7 Å². The van der Waals surface area contributed by atoms with Crippen LogP contribution in [0, 0.1) is 0 Å². The quantitative estimate of drug-likeness (QED) is 0.884. The summed E-state index contributed by atoms with van der Waals surface area (Å²) in [6, 6.07) is 10.5. The lowest BCUT2D eigenvalue weighted by molar-refractivity contribution is -0.113. The number of rotatable bonds is 6. The Balaban J connectivity index is 1.43. The van der Waals surface area contributed by atoms with E-state index in [9.17, 15) is 4.79 Å². The Kier molecular flexibility index (Phi) is 5.71. The molecule has 2 heterocycles. The fourth-order valence-corrected chi connectivity index (χ4v) is 3.37. The lowest BCUT2D eigenvalue weighted by Gasteiger charge is -2.22. The van der Waals surface area contributed by atoms with Crippen molar-refractivity contribution in [3.63, 3.8) is 0 Å². The first-order valence-electron chi connectivity index (χ1n) is 7.85. The van der Waals surface area contributed by atoms with Crippen LogP contribution in [0.25, 0.3) is 0 Å². The molecule has 1 aromatic heterocycles. The van der Waals surface area contributed by atoms with Crippen LogP contribution in [-0.2, 0) is 15.3 Å². The van der Waals surface area contributed by atoms with Gasteiger partial charge in [-0.05, 0) is 18.4 Å². The third kappa shape index (κ3) is 4.84. The summed E-state index contributed by atoms with van der Waals surface area (Å²) in [5, 5.41) is 7.27. The van der Waals surface area contributed by atoms with Crippen LogP contribution in [0.3, 0.4) is 0 Å². The molecule has 0 unspecified atom stereocenters. The lowest BCUT2D eigenvalue weighted by Crippen LogP contribution is -2.20. The molecule has 23 heavy (non-hydrogen) atoms. The number of ether oxygens (including phenoxy) is 1. The molecule has 5 nitrogen and oxygen atoms in total. The molecule has 0 radical (unpaired) electrons. The Morgan fingerprint density at radius 2 is 2.09 bits per heavy atom. The first-order valence-corrected chi connectivity index (χ1v) is 9.00. The third-order valence-electron chi connectivity index (χ3n) is 3.79. The fourth-order valence-electron chi connectivity index (χ4n) is 2.58. The summed E-state index contributed by atoms with van der Waals surface area (Å²) < 4.78 is 7.30. The minimum absolute atomic E-state index is 0.0115. The molecule has 1 N–H and O–H groups in total. The van der Waals surface area contributed by atoms with E-state index in [-0.39, 0.29) is 5.91 Å². The summed E-state index contributed by atoms with van der Waals surface area (Å²) in [6.45, 7) is 1.56. The van der Waals surface area contributed by atoms with Crippen molar-refractivity contribution in [2.45, 2.75) is 24.6 Å². The van der Waals surface area contributed by atoms with E-state index in [4.69, 9.17) is 4.74 Å². The number of anilines is 1. The van der Waals surface area contributed by atoms with Crippen molar-refractivity contribution in [3.05, 3.63) is 48.3 Å². The van der Waals surface area contributed by atoms with Crippen molar-refractivity contribution in [1.82, 2.24) is 9.78 Å². The van der Waals surface area contributed by atoms with E-state index in [0.717, 1.165) is 37.5 Å². The highest BCUT2D eigenvalue weighted by Gasteiger charge is 2.16. The van der Waals surface area contributed by atoms with Gasteiger partial charge in [0.2, 0.25) is 5.91 Å². The average Bonchev–Trinajstić information content (AvgIpc) is 3.05. The molecule has 0 aliphatic carbocycles. The lowest BCUT2D eigenvalue weighted by atomic mass is 10.1. The van der Waals surface area contributed by atoms with Gasteiger partial charge in [-0.1, -0.05) is 30.3 Å². The summed E-state index contributed by atoms with van der Waals surface area (Å²) >= 11 is 1.61. The summed E-state index contributed by atoms with van der Waals surface area (Å²) in [7, 11) is 0. The Morgan fingerprint density at radius 1 is 1.30 bits per heavy atom. The van der Waals surface area contributed by atoms with Gasteiger partial charge in [0, 0.05) is 25.2 Å². The molecule has 1 aliphatic rings. The van der Waals surface area contributed by atoms with Gasteiger partial charge in [0.15, 0.2) is 0 Å². The van der Waals surface area contributed by atoms with Gasteiger partial charge >= 0.3 is 0 Å². The topological polar surface area (TPSA) is 56.2 Å². The van der Waals surface area contributed by atoms with Crippen molar-refractivity contribution in [2.24, 2.45) is 0 Å². The van der Waals surface area contributed by atoms with Crippen LogP contribution < -0.4 is 5.32 Å². The van der Waals surface area contributed by atoms with E-state index in [1.165, 1.54) is 5.56 Å². The van der Waals surface area contributed by atoms with Gasteiger partial charge in [-0.2, -0.15) is 5.10 Å². The maximum atomic E-state index is 12.0. The first-order chi connectivity index (χ1) is 11.3. The molecule has 0 saturated carbocycles. The standard InChI is InChI=1S/C17H21N3O2S/c21-17(13-23-12-14-4-2-1-3-5-14)19-15-10-18-20(11-15)16-6-8-22-9-7-16/h1-5,10-11,16H,6-9,12-13H2,(H,19,21). The molecule has 122 valence electrons. The summed E-state index contributed by atoms with van der Waals surface area (Å²) in [5.74, 6) is 1.30. The second-order valence-electron chi connectivity index (χ2n) is 5.58. The molecule has 1 saturated heterocycles. The Morgan fingerprint density at radius 3 is 2.87 bits per heavy atom. The molecule has 6 heteroatoms. The van der Waals surface area contributed by atoms with Crippen molar-refractivity contribution < 1.29 is 9.53 Å². The Labute approximate surface area is 140 Å². The molecular formula is C17H21N3O2S. The highest BCUT2D eigenvalue weighted by molar-refractivity contribution is 7.99. The minimum Gasteiger partial charge on any atom is -0.381 e. The smallest absolute Gasteiger partial charge is 0.234 e. The molecule has 0 spiro atoms. The van der Waals surface area contributed by atoms with Crippen LogP contribution in [0.5, 0.6) is 0 Å². The second kappa shape index (κ2) is 8.17. The van der Waals surface area contributed by atoms with Crippen molar-refractivity contribution >= 4 is 23.4 Å². The summed E-state index contributed by atoms with van der Waals surface area (Å²) in [4.78, 5) is 12.0. The Hall–Kier alpha value is -1.79. The van der Waals surface area contributed by atoms with Gasteiger partial charge in [0.05, 0.1) is 23.7 Å². The van der Waals surface area contributed by atoms with Crippen LogP contribution >= 0.6 is 11.8 Å². The molecule has 0 atom stereocenters. The monoisotopic (exact) mass is 331 g/mol. The molecule has 1 amide bonds. The van der Waals surface area contributed by atoms with Gasteiger partial charge < -0.3 is 10.1 Å². The van der Waals surface area contributed by atoms with Gasteiger partial charge in [-0.3, -0.25) is 9.48 Å². The predicted octanol–water partition coefficient (Wildman–Crippen LogP) is 3.11. The maximum Gasteiger partial charge on any atom is 0.234 e. The van der Waals surface area contributed by atoms with Gasteiger partial charge in [0.1, 0.15) is 0 Å². The highest BCUT2D eigenvalue weighted by Crippen LogP contribution is 2.21. The number of carbonyl (C=O) groups excluding carboxylic acids is 1. The fraction of sp³-hybridized carbons (Fsp3) is 0.412. The molecular weight excluding hydrogens is 310 g/mol. The SMILES string of the molecule is O=C(CSCc1ccccc1)Nc1cnn(C2CCOCC2)c1. The molecule has 3 rings (SSSR count). The summed E-state index contributed by atoms with van der Waals surface area (Å²) in [5.41, 5.74) is 2.00. The third-order valence-corrected chi connectivity index (χ3v) is 4.80. The summed E-state index contributed by atoms with van der Waals surface area (Å²) in [6.07, 6.45) is 5.58. The zero-order valence-corrected chi connectivity index (χ0v) is 13.8. The van der Waals surface area contributed by atoms with Crippen molar-refractivity contribution in [1.29, 1.82) is 0 Å². The van der Waals surface area contributed by atoms with Gasteiger partial charge in [-0.25, -0.2) is 0 Å². The molecule has 2 aromatic rings. The first kappa shape index (κ1) is 16.1. The van der Waals surface area contributed by atoms with Gasteiger partial charge in [-0.15, -0.1) is 11.8 Å².